The van der Waals surface area contributed by atoms with E-state index in [-0.39, 0.29) is 5.82 Å². The molecule has 0 radical (unpaired) electrons. The van der Waals surface area contributed by atoms with Crippen molar-refractivity contribution < 1.29 is 4.39 Å². The van der Waals surface area contributed by atoms with E-state index >= 15 is 0 Å². The summed E-state index contributed by atoms with van der Waals surface area (Å²) in [6.07, 6.45) is 3.59. The maximum absolute atomic E-state index is 13.3. The first-order valence-corrected chi connectivity index (χ1v) is 5.58. The Morgan fingerprint density at radius 3 is 2.82 bits per heavy atom. The van der Waals surface area contributed by atoms with Crippen LogP contribution < -0.4 is 5.32 Å². The number of aromatic nitrogens is 2. The molecule has 0 spiro atoms. The Labute approximate surface area is 100 Å². The van der Waals surface area contributed by atoms with E-state index in [1.165, 1.54) is 0 Å². The van der Waals surface area contributed by atoms with E-state index in [9.17, 15) is 4.39 Å². The molecule has 2 aromatic rings. The third-order valence-corrected chi connectivity index (χ3v) is 2.79. The van der Waals surface area contributed by atoms with Crippen LogP contribution in [0.1, 0.15) is 16.8 Å². The first kappa shape index (κ1) is 11.8. The number of imidazole rings is 1. The number of aryl methyl sites for hydroxylation is 2. The van der Waals surface area contributed by atoms with Crippen LogP contribution in [0.5, 0.6) is 0 Å². The minimum atomic E-state index is -0.148. The van der Waals surface area contributed by atoms with E-state index in [4.69, 9.17) is 0 Å². The van der Waals surface area contributed by atoms with Crippen LogP contribution >= 0.6 is 0 Å². The first-order valence-electron chi connectivity index (χ1n) is 5.58. The lowest BCUT2D eigenvalue weighted by molar-refractivity contribution is 0.609. The van der Waals surface area contributed by atoms with Crippen LogP contribution in [-0.2, 0) is 20.1 Å². The third-order valence-electron chi connectivity index (χ3n) is 2.79. The van der Waals surface area contributed by atoms with Gasteiger partial charge in [0.05, 0.1) is 12.0 Å². The highest BCUT2D eigenvalue weighted by Gasteiger charge is 2.00. The molecule has 1 heterocycles. The molecular weight excluding hydrogens is 217 g/mol. The molecule has 0 aliphatic carbocycles. The number of rotatable bonds is 4. The normalized spacial score (nSPS) is 10.8. The molecule has 1 aromatic carbocycles. The van der Waals surface area contributed by atoms with Gasteiger partial charge in [0.15, 0.2) is 0 Å². The van der Waals surface area contributed by atoms with Gasteiger partial charge in [-0.15, -0.1) is 0 Å². The van der Waals surface area contributed by atoms with Crippen LogP contribution in [0.4, 0.5) is 4.39 Å². The predicted molar refractivity (Wildman–Crippen MR) is 64.9 cm³/mol. The van der Waals surface area contributed by atoms with Gasteiger partial charge in [0.1, 0.15) is 5.82 Å². The van der Waals surface area contributed by atoms with Crippen LogP contribution in [0.15, 0.2) is 30.7 Å². The molecule has 1 aromatic heterocycles. The number of hydrogen-bond donors (Lipinski definition) is 1. The Balaban J connectivity index is 1.90. The molecule has 1 N–H and O–H groups in total. The molecule has 0 aliphatic rings. The fourth-order valence-electron chi connectivity index (χ4n) is 1.64. The Morgan fingerprint density at radius 2 is 2.18 bits per heavy atom. The lowest BCUT2D eigenvalue weighted by Crippen LogP contribution is -2.14. The zero-order valence-corrected chi connectivity index (χ0v) is 10.1. The molecule has 4 heteroatoms. The summed E-state index contributed by atoms with van der Waals surface area (Å²) in [5.74, 6) is -0.148. The van der Waals surface area contributed by atoms with Gasteiger partial charge in [-0.25, -0.2) is 9.37 Å². The average molecular weight is 233 g/mol. The largest absolute Gasteiger partial charge is 0.337 e. The van der Waals surface area contributed by atoms with E-state index in [1.807, 2.05) is 23.9 Å². The standard InChI is InChI=1S/C13H16FN3/c1-10-3-4-11(5-13(10)14)6-15-7-12-8-16-9-17(12)2/h3-5,8-9,15H,6-7H2,1-2H3. The molecule has 0 fully saturated rings. The maximum Gasteiger partial charge on any atom is 0.126 e. The monoisotopic (exact) mass is 233 g/mol. The summed E-state index contributed by atoms with van der Waals surface area (Å²) in [7, 11) is 1.95. The Bertz CT molecular complexity index is 505. The van der Waals surface area contributed by atoms with Gasteiger partial charge in [-0.1, -0.05) is 12.1 Å². The quantitative estimate of drug-likeness (QED) is 0.877. The summed E-state index contributed by atoms with van der Waals surface area (Å²) in [6, 6.07) is 5.32. The second kappa shape index (κ2) is 5.10. The van der Waals surface area contributed by atoms with Crippen LogP contribution in [0.2, 0.25) is 0 Å². The number of benzene rings is 1. The average Bonchev–Trinajstić information content (AvgIpc) is 2.70. The second-order valence-corrected chi connectivity index (χ2v) is 4.18. The van der Waals surface area contributed by atoms with Gasteiger partial charge in [-0.2, -0.15) is 0 Å². The molecule has 0 saturated carbocycles. The van der Waals surface area contributed by atoms with Crippen molar-refractivity contribution in [2.75, 3.05) is 0 Å². The van der Waals surface area contributed by atoms with Crippen molar-refractivity contribution in [3.05, 3.63) is 53.4 Å². The lowest BCUT2D eigenvalue weighted by Gasteiger charge is -2.06. The van der Waals surface area contributed by atoms with Gasteiger partial charge in [-0.05, 0) is 24.1 Å². The summed E-state index contributed by atoms with van der Waals surface area (Å²) in [4.78, 5) is 4.04. The SMILES string of the molecule is Cc1ccc(CNCc2cncn2C)cc1F. The number of halogens is 1. The fraction of sp³-hybridized carbons (Fsp3) is 0.308. The van der Waals surface area contributed by atoms with Crippen LogP contribution in [-0.4, -0.2) is 9.55 Å². The lowest BCUT2D eigenvalue weighted by atomic mass is 10.1. The number of nitrogens with zero attached hydrogens (tertiary/aromatic N) is 2. The molecular formula is C13H16FN3. The van der Waals surface area contributed by atoms with Gasteiger partial charge in [0.2, 0.25) is 0 Å². The predicted octanol–water partition coefficient (Wildman–Crippen LogP) is 2.16. The van der Waals surface area contributed by atoms with Crippen molar-refractivity contribution in [2.24, 2.45) is 7.05 Å². The van der Waals surface area contributed by atoms with Crippen LogP contribution in [0.3, 0.4) is 0 Å². The van der Waals surface area contributed by atoms with Crippen LogP contribution in [0, 0.1) is 12.7 Å². The molecule has 0 atom stereocenters. The molecule has 0 saturated heterocycles. The summed E-state index contributed by atoms with van der Waals surface area (Å²) >= 11 is 0. The van der Waals surface area contributed by atoms with Crippen molar-refractivity contribution in [1.82, 2.24) is 14.9 Å². The molecule has 0 bridgehead atoms. The van der Waals surface area contributed by atoms with Crippen molar-refractivity contribution in [1.29, 1.82) is 0 Å². The molecule has 17 heavy (non-hydrogen) atoms. The van der Waals surface area contributed by atoms with Crippen molar-refractivity contribution in [2.45, 2.75) is 20.0 Å². The molecule has 2 rings (SSSR count). The summed E-state index contributed by atoms with van der Waals surface area (Å²) in [5, 5.41) is 3.26. The fourth-order valence-corrected chi connectivity index (χ4v) is 1.64. The van der Waals surface area contributed by atoms with E-state index in [1.54, 1.807) is 25.4 Å². The van der Waals surface area contributed by atoms with Gasteiger partial charge in [0.25, 0.3) is 0 Å². The van der Waals surface area contributed by atoms with Crippen molar-refractivity contribution in [3.8, 4) is 0 Å². The summed E-state index contributed by atoms with van der Waals surface area (Å²) in [6.45, 7) is 3.15. The van der Waals surface area contributed by atoms with Gasteiger partial charge >= 0.3 is 0 Å². The van der Waals surface area contributed by atoms with Crippen molar-refractivity contribution >= 4 is 0 Å². The Hall–Kier alpha value is -1.68. The molecule has 0 aliphatic heterocycles. The van der Waals surface area contributed by atoms with E-state index in [0.29, 0.717) is 12.1 Å². The topological polar surface area (TPSA) is 29.9 Å². The molecule has 3 nitrogen and oxygen atoms in total. The highest BCUT2D eigenvalue weighted by molar-refractivity contribution is 5.23. The number of nitrogens with one attached hydrogen (secondary N) is 1. The zero-order chi connectivity index (χ0) is 12.3. The minimum Gasteiger partial charge on any atom is -0.337 e. The third kappa shape index (κ3) is 2.91. The highest BCUT2D eigenvalue weighted by atomic mass is 19.1. The van der Waals surface area contributed by atoms with Crippen LogP contribution in [0.25, 0.3) is 0 Å². The van der Waals surface area contributed by atoms with E-state index in [2.05, 4.69) is 10.3 Å². The smallest absolute Gasteiger partial charge is 0.126 e. The highest BCUT2D eigenvalue weighted by Crippen LogP contribution is 2.09. The Morgan fingerprint density at radius 1 is 1.35 bits per heavy atom. The summed E-state index contributed by atoms with van der Waals surface area (Å²) < 4.78 is 15.3. The molecule has 0 unspecified atom stereocenters. The zero-order valence-electron chi connectivity index (χ0n) is 10.1. The second-order valence-electron chi connectivity index (χ2n) is 4.18. The van der Waals surface area contributed by atoms with E-state index < -0.39 is 0 Å². The van der Waals surface area contributed by atoms with Crippen molar-refractivity contribution in [3.63, 3.8) is 0 Å². The summed E-state index contributed by atoms with van der Waals surface area (Å²) in [5.41, 5.74) is 2.74. The van der Waals surface area contributed by atoms with E-state index in [0.717, 1.165) is 17.8 Å². The van der Waals surface area contributed by atoms with Gasteiger partial charge < -0.3 is 9.88 Å². The molecule has 90 valence electrons. The maximum atomic E-state index is 13.3. The van der Waals surface area contributed by atoms with Gasteiger partial charge in [0, 0.05) is 26.3 Å². The number of hydrogen-bond acceptors (Lipinski definition) is 2. The Kier molecular flexibility index (Phi) is 3.54. The minimum absolute atomic E-state index is 0.148. The van der Waals surface area contributed by atoms with Gasteiger partial charge in [-0.3, -0.25) is 0 Å². The first-order chi connectivity index (χ1) is 8.16. The molecule has 0 amide bonds.